The summed E-state index contributed by atoms with van der Waals surface area (Å²) >= 11 is 5.67. The number of ether oxygens (including phenoxy) is 1. The molecule has 2 aromatic carbocycles. The van der Waals surface area contributed by atoms with Gasteiger partial charge in [-0.25, -0.2) is 4.99 Å². The molecule has 25 heavy (non-hydrogen) atoms. The molecule has 1 saturated heterocycles. The summed E-state index contributed by atoms with van der Waals surface area (Å²) in [5, 5.41) is 0. The van der Waals surface area contributed by atoms with Crippen LogP contribution in [0.15, 0.2) is 53.5 Å². The highest BCUT2D eigenvalue weighted by Gasteiger charge is 2.26. The van der Waals surface area contributed by atoms with E-state index in [-0.39, 0.29) is 11.8 Å². The molecular formula is C19H18ClN3O2. The van der Waals surface area contributed by atoms with Crippen molar-refractivity contribution in [1.29, 1.82) is 0 Å². The zero-order valence-corrected chi connectivity index (χ0v) is 14.4. The fourth-order valence-electron chi connectivity index (χ4n) is 3.16. The molecule has 0 aliphatic carbocycles. The first kappa shape index (κ1) is 16.0. The van der Waals surface area contributed by atoms with Crippen LogP contribution in [0.25, 0.3) is 0 Å². The average Bonchev–Trinajstić information content (AvgIpc) is 2.84. The van der Waals surface area contributed by atoms with E-state index >= 15 is 0 Å². The minimum atomic E-state index is -0.0156. The fraction of sp³-hybridized carbons (Fsp3) is 0.263. The standard InChI is InChI=1S/C19H18ClN3O2/c20-13-18(24)22-9-11-23(12-10-22)19-14-5-1-3-7-16(14)25-17-8-4-2-6-15(17)21-19/h1-8H,9-13H2. The van der Waals surface area contributed by atoms with E-state index in [1.54, 1.807) is 4.90 Å². The minimum Gasteiger partial charge on any atom is -0.454 e. The third-order valence-corrected chi connectivity index (χ3v) is 4.71. The van der Waals surface area contributed by atoms with Crippen molar-refractivity contribution in [2.75, 3.05) is 32.1 Å². The van der Waals surface area contributed by atoms with E-state index in [9.17, 15) is 4.79 Å². The maximum atomic E-state index is 11.8. The molecule has 0 radical (unpaired) electrons. The third-order valence-electron chi connectivity index (χ3n) is 4.49. The Balaban J connectivity index is 1.68. The van der Waals surface area contributed by atoms with E-state index < -0.39 is 0 Å². The quantitative estimate of drug-likeness (QED) is 0.738. The number of fused-ring (bicyclic) bond motifs is 2. The van der Waals surface area contributed by atoms with Crippen LogP contribution in [0.3, 0.4) is 0 Å². The number of amides is 1. The molecule has 2 aliphatic heterocycles. The number of para-hydroxylation sites is 3. The molecule has 0 atom stereocenters. The zero-order valence-electron chi connectivity index (χ0n) is 13.7. The van der Waals surface area contributed by atoms with Crippen LogP contribution in [0.2, 0.25) is 0 Å². The molecule has 0 spiro atoms. The number of carbonyl (C=O) groups excluding carboxylic acids is 1. The Morgan fingerprint density at radius 1 is 1.00 bits per heavy atom. The van der Waals surface area contributed by atoms with Crippen LogP contribution in [0.5, 0.6) is 11.5 Å². The number of aliphatic imine (C=N–C) groups is 1. The van der Waals surface area contributed by atoms with E-state index in [0.29, 0.717) is 13.1 Å². The summed E-state index contributed by atoms with van der Waals surface area (Å²) in [6.07, 6.45) is 0. The Labute approximate surface area is 151 Å². The van der Waals surface area contributed by atoms with Gasteiger partial charge in [-0.2, -0.15) is 0 Å². The number of alkyl halides is 1. The van der Waals surface area contributed by atoms with Gasteiger partial charge in [0.1, 0.15) is 23.2 Å². The van der Waals surface area contributed by atoms with Gasteiger partial charge in [-0.05, 0) is 24.3 Å². The molecule has 2 heterocycles. The topological polar surface area (TPSA) is 45.1 Å². The Hall–Kier alpha value is -2.53. The molecule has 0 bridgehead atoms. The summed E-state index contributed by atoms with van der Waals surface area (Å²) in [6.45, 7) is 2.74. The van der Waals surface area contributed by atoms with Crippen LogP contribution >= 0.6 is 11.6 Å². The first-order valence-electron chi connectivity index (χ1n) is 8.30. The molecule has 2 aromatic rings. The molecule has 1 amide bonds. The maximum Gasteiger partial charge on any atom is 0.237 e. The van der Waals surface area contributed by atoms with Crippen LogP contribution in [-0.2, 0) is 4.79 Å². The third kappa shape index (κ3) is 3.07. The lowest BCUT2D eigenvalue weighted by atomic mass is 10.1. The number of hydrogen-bond acceptors (Lipinski definition) is 4. The minimum absolute atomic E-state index is 0.0156. The Morgan fingerprint density at radius 3 is 2.44 bits per heavy atom. The summed E-state index contributed by atoms with van der Waals surface area (Å²) in [7, 11) is 0. The van der Waals surface area contributed by atoms with Crippen molar-refractivity contribution in [2.45, 2.75) is 0 Å². The predicted octanol–water partition coefficient (Wildman–Crippen LogP) is 3.25. The van der Waals surface area contributed by atoms with E-state index in [2.05, 4.69) is 4.90 Å². The van der Waals surface area contributed by atoms with Gasteiger partial charge >= 0.3 is 0 Å². The molecule has 1 fully saturated rings. The molecule has 4 rings (SSSR count). The molecule has 0 saturated carbocycles. The monoisotopic (exact) mass is 355 g/mol. The number of halogens is 1. The second kappa shape index (κ2) is 6.76. The zero-order chi connectivity index (χ0) is 17.2. The Morgan fingerprint density at radius 2 is 1.68 bits per heavy atom. The summed E-state index contributed by atoms with van der Waals surface area (Å²) in [5.74, 6) is 2.45. The average molecular weight is 356 g/mol. The molecule has 0 unspecified atom stereocenters. The molecule has 128 valence electrons. The first-order chi connectivity index (χ1) is 12.3. The number of hydrogen-bond donors (Lipinski definition) is 0. The van der Waals surface area contributed by atoms with Gasteiger partial charge in [0.2, 0.25) is 5.91 Å². The number of nitrogens with zero attached hydrogens (tertiary/aromatic N) is 3. The van der Waals surface area contributed by atoms with Crippen molar-refractivity contribution in [3.8, 4) is 11.5 Å². The second-order valence-electron chi connectivity index (χ2n) is 6.00. The van der Waals surface area contributed by atoms with E-state index in [4.69, 9.17) is 21.3 Å². The highest BCUT2D eigenvalue weighted by atomic mass is 35.5. The molecule has 2 aliphatic rings. The number of rotatable bonds is 1. The van der Waals surface area contributed by atoms with Crippen LogP contribution in [0.1, 0.15) is 5.56 Å². The van der Waals surface area contributed by atoms with Gasteiger partial charge < -0.3 is 14.5 Å². The number of amidine groups is 1. The lowest BCUT2D eigenvalue weighted by Crippen LogP contribution is -2.51. The summed E-state index contributed by atoms with van der Waals surface area (Å²) in [5.41, 5.74) is 1.78. The lowest BCUT2D eigenvalue weighted by molar-refractivity contribution is -0.129. The van der Waals surface area contributed by atoms with Gasteiger partial charge in [0.15, 0.2) is 5.75 Å². The SMILES string of the molecule is O=C(CCl)N1CCN(C2=Nc3ccccc3Oc3ccccc32)CC1. The summed E-state index contributed by atoms with van der Waals surface area (Å²) in [6, 6.07) is 15.7. The molecule has 0 aromatic heterocycles. The van der Waals surface area contributed by atoms with Crippen LogP contribution in [0, 0.1) is 0 Å². The molecular weight excluding hydrogens is 338 g/mol. The van der Waals surface area contributed by atoms with Crippen molar-refractivity contribution < 1.29 is 9.53 Å². The number of piperazine rings is 1. The van der Waals surface area contributed by atoms with E-state index in [1.807, 2.05) is 48.5 Å². The van der Waals surface area contributed by atoms with Crippen LogP contribution < -0.4 is 4.74 Å². The van der Waals surface area contributed by atoms with Gasteiger partial charge in [0.05, 0.1) is 5.56 Å². The smallest absolute Gasteiger partial charge is 0.237 e. The predicted molar refractivity (Wildman–Crippen MR) is 98.0 cm³/mol. The first-order valence-corrected chi connectivity index (χ1v) is 8.83. The van der Waals surface area contributed by atoms with Gasteiger partial charge in [-0.1, -0.05) is 24.3 Å². The summed E-state index contributed by atoms with van der Waals surface area (Å²) in [4.78, 5) is 20.7. The molecule has 6 heteroatoms. The highest BCUT2D eigenvalue weighted by molar-refractivity contribution is 6.27. The van der Waals surface area contributed by atoms with Crippen LogP contribution in [-0.4, -0.2) is 53.6 Å². The maximum absolute atomic E-state index is 11.8. The van der Waals surface area contributed by atoms with Gasteiger partial charge in [0.25, 0.3) is 0 Å². The van der Waals surface area contributed by atoms with Crippen molar-refractivity contribution in [3.05, 3.63) is 54.1 Å². The van der Waals surface area contributed by atoms with E-state index in [1.165, 1.54) is 0 Å². The summed E-state index contributed by atoms with van der Waals surface area (Å²) < 4.78 is 6.08. The lowest BCUT2D eigenvalue weighted by Gasteiger charge is -2.36. The van der Waals surface area contributed by atoms with Crippen molar-refractivity contribution in [2.24, 2.45) is 4.99 Å². The van der Waals surface area contributed by atoms with Gasteiger partial charge in [0, 0.05) is 26.2 Å². The largest absolute Gasteiger partial charge is 0.454 e. The second-order valence-corrected chi connectivity index (χ2v) is 6.27. The molecule has 0 N–H and O–H groups in total. The van der Waals surface area contributed by atoms with Crippen LogP contribution in [0.4, 0.5) is 5.69 Å². The Kier molecular flexibility index (Phi) is 4.32. The Bertz CT molecular complexity index is 829. The van der Waals surface area contributed by atoms with Gasteiger partial charge in [-0.15, -0.1) is 11.6 Å². The van der Waals surface area contributed by atoms with Gasteiger partial charge in [-0.3, -0.25) is 4.79 Å². The van der Waals surface area contributed by atoms with Crippen molar-refractivity contribution in [3.63, 3.8) is 0 Å². The normalized spacial score (nSPS) is 16.3. The highest BCUT2D eigenvalue weighted by Crippen LogP contribution is 2.37. The fourth-order valence-corrected chi connectivity index (χ4v) is 3.33. The number of carbonyl (C=O) groups is 1. The van der Waals surface area contributed by atoms with E-state index in [0.717, 1.165) is 41.7 Å². The number of benzene rings is 2. The molecule has 5 nitrogen and oxygen atoms in total. The van der Waals surface area contributed by atoms with Crippen molar-refractivity contribution in [1.82, 2.24) is 9.80 Å². The van der Waals surface area contributed by atoms with Crippen molar-refractivity contribution >= 4 is 29.0 Å².